The van der Waals surface area contributed by atoms with Gasteiger partial charge in [0.1, 0.15) is 0 Å². The van der Waals surface area contributed by atoms with Gasteiger partial charge in [-0.15, -0.1) is 22.7 Å². The summed E-state index contributed by atoms with van der Waals surface area (Å²) in [4.78, 5) is 2.46. The molecular formula is C52H33NS2. The average molecular weight is 736 g/mol. The molecule has 2 heterocycles. The summed E-state index contributed by atoms with van der Waals surface area (Å²) in [7, 11) is 0. The van der Waals surface area contributed by atoms with Crippen LogP contribution in [0.25, 0.3) is 84.5 Å². The number of nitrogens with zero attached hydrogens (tertiary/aromatic N) is 1. The molecule has 55 heavy (non-hydrogen) atoms. The van der Waals surface area contributed by atoms with Crippen LogP contribution in [0.4, 0.5) is 17.1 Å². The van der Waals surface area contributed by atoms with Crippen LogP contribution >= 0.6 is 22.7 Å². The van der Waals surface area contributed by atoms with E-state index in [2.05, 4.69) is 205 Å². The Bertz CT molecular complexity index is 3190. The van der Waals surface area contributed by atoms with E-state index in [1.54, 1.807) is 0 Å². The molecule has 258 valence electrons. The molecule has 0 saturated carbocycles. The van der Waals surface area contributed by atoms with Crippen LogP contribution in [0.2, 0.25) is 0 Å². The molecule has 0 amide bonds. The molecule has 3 heteroatoms. The van der Waals surface area contributed by atoms with Crippen molar-refractivity contribution in [3.63, 3.8) is 0 Å². The predicted molar refractivity (Wildman–Crippen MR) is 241 cm³/mol. The molecule has 0 radical (unpaired) electrons. The van der Waals surface area contributed by atoms with Gasteiger partial charge in [0.2, 0.25) is 0 Å². The fourth-order valence-electron chi connectivity index (χ4n) is 8.16. The van der Waals surface area contributed by atoms with Crippen molar-refractivity contribution in [2.24, 2.45) is 0 Å². The standard InChI is InChI=1S/C52H33NS2/c1-2-11-38(12-3-1)43-29-30-47(52-51(43)45-15-7-9-17-49(45)55-52)53(42-28-31-50-46(33-42)44-14-6-8-16-48(44)54-50)41-26-24-36(25-27-41)35-18-20-37(21-19-35)40-23-22-34-10-4-5-13-39(34)32-40/h1-33H. The summed E-state index contributed by atoms with van der Waals surface area (Å²) in [5.74, 6) is 0. The SMILES string of the molecule is c1ccc(-c2ccc(N(c3ccc(-c4ccc(-c5ccc6ccccc6c5)cc4)cc3)c3ccc4sc5ccccc5c4c3)c3sc4ccccc4c23)cc1. The minimum absolute atomic E-state index is 1.13. The monoisotopic (exact) mass is 735 g/mol. The van der Waals surface area contributed by atoms with Crippen molar-refractivity contribution in [3.05, 3.63) is 200 Å². The van der Waals surface area contributed by atoms with Gasteiger partial charge in [0.25, 0.3) is 0 Å². The van der Waals surface area contributed by atoms with Crippen molar-refractivity contribution in [1.82, 2.24) is 0 Å². The first-order chi connectivity index (χ1) is 27.2. The fraction of sp³-hybridized carbons (Fsp3) is 0. The lowest BCUT2D eigenvalue weighted by Crippen LogP contribution is -2.10. The topological polar surface area (TPSA) is 3.24 Å². The van der Waals surface area contributed by atoms with E-state index in [-0.39, 0.29) is 0 Å². The second kappa shape index (κ2) is 13.1. The van der Waals surface area contributed by atoms with E-state index in [9.17, 15) is 0 Å². The quantitative estimate of drug-likeness (QED) is 0.164. The van der Waals surface area contributed by atoms with E-state index in [1.165, 1.54) is 90.2 Å². The molecule has 2 aromatic heterocycles. The maximum absolute atomic E-state index is 2.46. The number of anilines is 3. The van der Waals surface area contributed by atoms with Crippen molar-refractivity contribution in [2.45, 2.75) is 0 Å². The van der Waals surface area contributed by atoms with E-state index in [1.807, 2.05) is 22.7 Å². The van der Waals surface area contributed by atoms with E-state index in [4.69, 9.17) is 0 Å². The highest BCUT2D eigenvalue weighted by Gasteiger charge is 2.21. The zero-order valence-corrected chi connectivity index (χ0v) is 31.4. The van der Waals surface area contributed by atoms with Gasteiger partial charge in [-0.2, -0.15) is 0 Å². The van der Waals surface area contributed by atoms with E-state index in [0.717, 1.165) is 11.4 Å². The van der Waals surface area contributed by atoms with Crippen LogP contribution in [0.5, 0.6) is 0 Å². The van der Waals surface area contributed by atoms with Crippen LogP contribution in [-0.2, 0) is 0 Å². The van der Waals surface area contributed by atoms with E-state index in [0.29, 0.717) is 0 Å². The lowest BCUT2D eigenvalue weighted by molar-refractivity contribution is 1.31. The zero-order chi connectivity index (χ0) is 36.3. The molecule has 0 bridgehead atoms. The lowest BCUT2D eigenvalue weighted by atomic mass is 9.97. The molecule has 0 aliphatic carbocycles. The maximum atomic E-state index is 2.46. The number of hydrogen-bond acceptors (Lipinski definition) is 3. The molecule has 11 aromatic rings. The second-order valence-electron chi connectivity index (χ2n) is 14.1. The second-order valence-corrected chi connectivity index (χ2v) is 16.2. The van der Waals surface area contributed by atoms with E-state index >= 15 is 0 Å². The molecule has 0 spiro atoms. The number of fused-ring (bicyclic) bond motifs is 7. The number of rotatable bonds is 6. The van der Waals surface area contributed by atoms with Crippen LogP contribution in [0.3, 0.4) is 0 Å². The Morgan fingerprint density at radius 2 is 0.909 bits per heavy atom. The minimum Gasteiger partial charge on any atom is -0.309 e. The predicted octanol–water partition coefficient (Wildman–Crippen LogP) is 16.0. The third-order valence-corrected chi connectivity index (χ3v) is 13.2. The van der Waals surface area contributed by atoms with Crippen LogP contribution in [-0.4, -0.2) is 0 Å². The van der Waals surface area contributed by atoms with Crippen molar-refractivity contribution in [2.75, 3.05) is 4.90 Å². The van der Waals surface area contributed by atoms with Gasteiger partial charge in [-0.1, -0.05) is 146 Å². The maximum Gasteiger partial charge on any atom is 0.0640 e. The van der Waals surface area contributed by atoms with Gasteiger partial charge >= 0.3 is 0 Å². The molecular weight excluding hydrogens is 703 g/mol. The molecule has 0 aliphatic heterocycles. The summed E-state index contributed by atoms with van der Waals surface area (Å²) in [5.41, 5.74) is 10.8. The number of hydrogen-bond donors (Lipinski definition) is 0. The van der Waals surface area contributed by atoms with Gasteiger partial charge in [-0.25, -0.2) is 0 Å². The molecule has 0 unspecified atom stereocenters. The third kappa shape index (κ3) is 5.51. The summed E-state index contributed by atoms with van der Waals surface area (Å²) in [5, 5.41) is 7.72. The molecule has 0 saturated heterocycles. The summed E-state index contributed by atoms with van der Waals surface area (Å²) in [6.07, 6.45) is 0. The molecule has 0 aliphatic rings. The largest absolute Gasteiger partial charge is 0.309 e. The molecule has 0 atom stereocenters. The Morgan fingerprint density at radius 1 is 0.327 bits per heavy atom. The summed E-state index contributed by atoms with van der Waals surface area (Å²) in [6, 6.07) is 73.4. The molecule has 1 nitrogen and oxygen atoms in total. The summed E-state index contributed by atoms with van der Waals surface area (Å²) in [6.45, 7) is 0. The lowest BCUT2D eigenvalue weighted by Gasteiger charge is -2.27. The smallest absolute Gasteiger partial charge is 0.0640 e. The first kappa shape index (κ1) is 32.0. The first-order valence-electron chi connectivity index (χ1n) is 18.7. The number of thiophene rings is 2. The highest BCUT2D eigenvalue weighted by molar-refractivity contribution is 7.26. The Balaban J connectivity index is 1.05. The van der Waals surface area contributed by atoms with Crippen LogP contribution in [0.1, 0.15) is 0 Å². The summed E-state index contributed by atoms with van der Waals surface area (Å²) < 4.78 is 5.20. The normalized spacial score (nSPS) is 11.6. The Kier molecular flexibility index (Phi) is 7.61. The van der Waals surface area contributed by atoms with Crippen LogP contribution in [0, 0.1) is 0 Å². The fourth-order valence-corrected chi connectivity index (χ4v) is 10.5. The van der Waals surface area contributed by atoms with Gasteiger partial charge in [-0.05, 0) is 98.8 Å². The highest BCUT2D eigenvalue weighted by atomic mass is 32.1. The zero-order valence-electron chi connectivity index (χ0n) is 29.8. The third-order valence-electron chi connectivity index (χ3n) is 10.9. The van der Waals surface area contributed by atoms with Crippen molar-refractivity contribution in [3.8, 4) is 33.4 Å². The Labute approximate surface area is 327 Å². The van der Waals surface area contributed by atoms with Crippen LogP contribution in [0.15, 0.2) is 200 Å². The van der Waals surface area contributed by atoms with Gasteiger partial charge in [0, 0.05) is 47.0 Å². The minimum atomic E-state index is 1.13. The van der Waals surface area contributed by atoms with Crippen LogP contribution < -0.4 is 4.90 Å². The summed E-state index contributed by atoms with van der Waals surface area (Å²) >= 11 is 3.74. The Morgan fingerprint density at radius 3 is 1.69 bits per heavy atom. The molecule has 9 aromatic carbocycles. The average Bonchev–Trinajstić information content (AvgIpc) is 3.83. The molecule has 11 rings (SSSR count). The van der Waals surface area contributed by atoms with Crippen molar-refractivity contribution >= 4 is 90.9 Å². The Hall–Kier alpha value is -6.52. The highest BCUT2D eigenvalue weighted by Crippen LogP contribution is 2.49. The van der Waals surface area contributed by atoms with E-state index < -0.39 is 0 Å². The van der Waals surface area contributed by atoms with Crippen molar-refractivity contribution in [1.29, 1.82) is 0 Å². The van der Waals surface area contributed by atoms with Gasteiger partial charge in [0.05, 0.1) is 10.4 Å². The molecule has 0 fully saturated rings. The van der Waals surface area contributed by atoms with Gasteiger partial charge < -0.3 is 4.90 Å². The first-order valence-corrected chi connectivity index (χ1v) is 20.3. The number of benzene rings is 9. The van der Waals surface area contributed by atoms with Gasteiger partial charge in [0.15, 0.2) is 0 Å². The van der Waals surface area contributed by atoms with Gasteiger partial charge in [-0.3, -0.25) is 0 Å². The molecule has 0 N–H and O–H groups in total. The van der Waals surface area contributed by atoms with Crippen molar-refractivity contribution < 1.29 is 0 Å².